The van der Waals surface area contributed by atoms with Gasteiger partial charge in [0.2, 0.25) is 0 Å². The van der Waals surface area contributed by atoms with Gasteiger partial charge in [-0.3, -0.25) is 4.79 Å². The van der Waals surface area contributed by atoms with Crippen LogP contribution >= 0.6 is 0 Å². The number of aromatic nitrogens is 1. The third kappa shape index (κ3) is 2.97. The molecule has 0 aliphatic carbocycles. The molecule has 2 heterocycles. The Morgan fingerprint density at radius 1 is 1.53 bits per heavy atom. The van der Waals surface area contributed by atoms with Gasteiger partial charge in [0.05, 0.1) is 12.6 Å². The smallest absolute Gasteiger partial charge is 0.254 e. The Morgan fingerprint density at radius 2 is 2.35 bits per heavy atom. The third-order valence-electron chi connectivity index (χ3n) is 3.21. The summed E-state index contributed by atoms with van der Waals surface area (Å²) in [6.07, 6.45) is 4.84. The van der Waals surface area contributed by atoms with E-state index in [2.05, 4.69) is 13.8 Å². The van der Waals surface area contributed by atoms with Crippen LogP contribution in [-0.4, -0.2) is 17.8 Å². The molecule has 1 aromatic heterocycles. The second-order valence-corrected chi connectivity index (χ2v) is 5.21. The van der Waals surface area contributed by atoms with Crippen LogP contribution in [0.3, 0.4) is 0 Å². The normalized spacial score (nSPS) is 20.8. The lowest BCUT2D eigenvalue weighted by atomic mass is 10.0. The number of nitrogens with zero attached hydrogens (tertiary/aromatic N) is 1. The predicted molar refractivity (Wildman–Crippen MR) is 68.3 cm³/mol. The molecule has 0 saturated carbocycles. The fourth-order valence-corrected chi connectivity index (χ4v) is 2.38. The topological polar surface area (TPSA) is 31.2 Å². The summed E-state index contributed by atoms with van der Waals surface area (Å²) in [5.41, 5.74) is 1.09. The van der Waals surface area contributed by atoms with E-state index in [1.54, 1.807) is 0 Å². The minimum absolute atomic E-state index is 0.164. The van der Waals surface area contributed by atoms with Gasteiger partial charge in [-0.1, -0.05) is 19.9 Å². The van der Waals surface area contributed by atoms with Crippen molar-refractivity contribution >= 4 is 0 Å². The summed E-state index contributed by atoms with van der Waals surface area (Å²) in [4.78, 5) is 12.3. The maximum atomic E-state index is 12.3. The highest BCUT2D eigenvalue weighted by Crippen LogP contribution is 2.17. The highest BCUT2D eigenvalue weighted by Gasteiger charge is 2.17. The summed E-state index contributed by atoms with van der Waals surface area (Å²) in [6.45, 7) is 5.78. The second-order valence-electron chi connectivity index (χ2n) is 5.21. The molecule has 1 aliphatic heterocycles. The molecule has 0 amide bonds. The fraction of sp³-hybridized carbons (Fsp3) is 0.643. The van der Waals surface area contributed by atoms with Gasteiger partial charge >= 0.3 is 0 Å². The number of hydrogen-bond donors (Lipinski definition) is 0. The Labute approximate surface area is 102 Å². The predicted octanol–water partition coefficient (Wildman–Crippen LogP) is 2.40. The van der Waals surface area contributed by atoms with E-state index in [0.29, 0.717) is 12.5 Å². The Hall–Kier alpha value is -1.09. The average Bonchev–Trinajstić information content (AvgIpc) is 2.32. The van der Waals surface area contributed by atoms with Crippen molar-refractivity contribution in [3.63, 3.8) is 0 Å². The first kappa shape index (κ1) is 12.4. The zero-order valence-corrected chi connectivity index (χ0v) is 10.7. The molecule has 0 N–H and O–H groups in total. The van der Waals surface area contributed by atoms with Crippen LogP contribution in [0.25, 0.3) is 0 Å². The van der Waals surface area contributed by atoms with E-state index in [4.69, 9.17) is 4.74 Å². The van der Waals surface area contributed by atoms with Gasteiger partial charge in [-0.05, 0) is 31.2 Å². The monoisotopic (exact) mass is 235 g/mol. The van der Waals surface area contributed by atoms with Crippen molar-refractivity contribution in [1.29, 1.82) is 0 Å². The van der Waals surface area contributed by atoms with Crippen molar-refractivity contribution in [2.45, 2.75) is 39.2 Å². The minimum Gasteiger partial charge on any atom is -0.379 e. The third-order valence-corrected chi connectivity index (χ3v) is 3.21. The van der Waals surface area contributed by atoms with Crippen LogP contribution in [0.1, 0.15) is 38.3 Å². The highest BCUT2D eigenvalue weighted by atomic mass is 16.5. The molecule has 0 unspecified atom stereocenters. The summed E-state index contributed by atoms with van der Waals surface area (Å²) in [6, 6.07) is 4.15. The van der Waals surface area contributed by atoms with Gasteiger partial charge in [-0.25, -0.2) is 0 Å². The molecule has 1 atom stereocenters. The van der Waals surface area contributed by atoms with Crippen LogP contribution in [0.2, 0.25) is 0 Å². The van der Waals surface area contributed by atoms with Crippen molar-refractivity contribution in [3.8, 4) is 0 Å². The van der Waals surface area contributed by atoms with E-state index >= 15 is 0 Å². The number of ether oxygens (including phenoxy) is 1. The molecule has 0 spiro atoms. The Kier molecular flexibility index (Phi) is 4.00. The van der Waals surface area contributed by atoms with Crippen molar-refractivity contribution in [2.75, 3.05) is 13.2 Å². The van der Waals surface area contributed by atoms with E-state index < -0.39 is 0 Å². The molecule has 3 heteroatoms. The summed E-state index contributed by atoms with van der Waals surface area (Å²) in [5, 5.41) is 0. The zero-order chi connectivity index (χ0) is 12.3. The zero-order valence-electron chi connectivity index (χ0n) is 10.7. The first-order chi connectivity index (χ1) is 8.18. The summed E-state index contributed by atoms with van der Waals surface area (Å²) in [7, 11) is 0. The molecule has 94 valence electrons. The maximum Gasteiger partial charge on any atom is 0.254 e. The number of rotatable bonds is 3. The Bertz CT molecular complexity index is 416. The second kappa shape index (κ2) is 5.50. The van der Waals surface area contributed by atoms with Crippen LogP contribution in [0.5, 0.6) is 0 Å². The lowest BCUT2D eigenvalue weighted by Crippen LogP contribution is -2.32. The molecular formula is C14H21NO2. The maximum absolute atomic E-state index is 12.3. The summed E-state index contributed by atoms with van der Waals surface area (Å²) < 4.78 is 7.31. The molecule has 0 aromatic carbocycles. The SMILES string of the molecule is CC(C)Cc1cccn([C@H]2CCCOC2)c1=O. The van der Waals surface area contributed by atoms with Crippen LogP contribution < -0.4 is 5.56 Å². The lowest BCUT2D eigenvalue weighted by Gasteiger charge is -2.24. The van der Waals surface area contributed by atoms with Gasteiger partial charge < -0.3 is 9.30 Å². The lowest BCUT2D eigenvalue weighted by molar-refractivity contribution is 0.0579. The van der Waals surface area contributed by atoms with Crippen molar-refractivity contribution in [2.24, 2.45) is 5.92 Å². The number of pyridine rings is 1. The number of hydrogen-bond acceptors (Lipinski definition) is 2. The van der Waals surface area contributed by atoms with Gasteiger partial charge in [0.15, 0.2) is 0 Å². The first-order valence-corrected chi connectivity index (χ1v) is 6.46. The molecule has 1 fully saturated rings. The van der Waals surface area contributed by atoms with Gasteiger partial charge in [0, 0.05) is 18.4 Å². The van der Waals surface area contributed by atoms with Crippen LogP contribution in [0.4, 0.5) is 0 Å². The van der Waals surface area contributed by atoms with Crippen molar-refractivity contribution < 1.29 is 4.74 Å². The summed E-state index contributed by atoms with van der Waals surface area (Å²) >= 11 is 0. The molecule has 17 heavy (non-hydrogen) atoms. The molecule has 0 radical (unpaired) electrons. The van der Waals surface area contributed by atoms with E-state index in [-0.39, 0.29) is 11.6 Å². The van der Waals surface area contributed by atoms with Crippen LogP contribution in [0, 0.1) is 5.92 Å². The van der Waals surface area contributed by atoms with Crippen LogP contribution in [0.15, 0.2) is 23.1 Å². The molecular weight excluding hydrogens is 214 g/mol. The van der Waals surface area contributed by atoms with Crippen LogP contribution in [-0.2, 0) is 11.2 Å². The molecule has 0 bridgehead atoms. The molecule has 1 aromatic rings. The highest BCUT2D eigenvalue weighted by molar-refractivity contribution is 5.11. The fourth-order valence-electron chi connectivity index (χ4n) is 2.38. The largest absolute Gasteiger partial charge is 0.379 e. The quantitative estimate of drug-likeness (QED) is 0.805. The van der Waals surface area contributed by atoms with E-state index in [1.165, 1.54) is 0 Å². The van der Waals surface area contributed by atoms with E-state index in [9.17, 15) is 4.79 Å². The van der Waals surface area contributed by atoms with Gasteiger partial charge in [-0.2, -0.15) is 0 Å². The van der Waals surface area contributed by atoms with E-state index in [0.717, 1.165) is 31.4 Å². The van der Waals surface area contributed by atoms with Gasteiger partial charge in [-0.15, -0.1) is 0 Å². The van der Waals surface area contributed by atoms with Crippen molar-refractivity contribution in [1.82, 2.24) is 4.57 Å². The molecule has 2 rings (SSSR count). The van der Waals surface area contributed by atoms with Crippen molar-refractivity contribution in [3.05, 3.63) is 34.2 Å². The summed E-state index contributed by atoms with van der Waals surface area (Å²) in [5.74, 6) is 0.515. The standard InChI is InChI=1S/C14H21NO2/c1-11(2)9-12-5-3-7-15(14(12)16)13-6-4-8-17-10-13/h3,5,7,11,13H,4,6,8-10H2,1-2H3/t13-/m0/s1. The van der Waals surface area contributed by atoms with Gasteiger partial charge in [0.25, 0.3) is 5.56 Å². The molecule has 1 saturated heterocycles. The Morgan fingerprint density at radius 3 is 3.00 bits per heavy atom. The van der Waals surface area contributed by atoms with E-state index in [1.807, 2.05) is 22.9 Å². The first-order valence-electron chi connectivity index (χ1n) is 6.46. The molecule has 1 aliphatic rings. The van der Waals surface area contributed by atoms with Gasteiger partial charge in [0.1, 0.15) is 0 Å². The Balaban J connectivity index is 2.25. The molecule has 3 nitrogen and oxygen atoms in total. The minimum atomic E-state index is 0.164. The average molecular weight is 235 g/mol.